The lowest BCUT2D eigenvalue weighted by molar-refractivity contribution is -0.123. The van der Waals surface area contributed by atoms with Gasteiger partial charge in [0.2, 0.25) is 5.91 Å². The lowest BCUT2D eigenvalue weighted by Crippen LogP contribution is -2.39. The maximum atomic E-state index is 12.5. The average molecular weight is 284 g/mol. The minimum Gasteiger partial charge on any atom is -0.394 e. The van der Waals surface area contributed by atoms with Crippen molar-refractivity contribution in [2.24, 2.45) is 0 Å². The van der Waals surface area contributed by atoms with Crippen molar-refractivity contribution in [2.45, 2.75) is 25.3 Å². The van der Waals surface area contributed by atoms with Gasteiger partial charge in [0.05, 0.1) is 12.5 Å². The lowest BCUT2D eigenvalue weighted by atomic mass is 9.91. The Kier molecular flexibility index (Phi) is 5.46. The fourth-order valence-electron chi connectivity index (χ4n) is 2.19. The molecule has 0 aliphatic rings. The fourth-order valence-corrected chi connectivity index (χ4v) is 2.19. The quantitative estimate of drug-likeness (QED) is 0.851. The number of amides is 1. The van der Waals surface area contributed by atoms with Crippen LogP contribution in [0.1, 0.15) is 24.0 Å². The Bertz CT molecular complexity index is 558. The minimum atomic E-state index is -0.275. The van der Waals surface area contributed by atoms with Crippen molar-refractivity contribution in [3.63, 3.8) is 0 Å². The number of aliphatic hydroxyl groups is 1. The molecule has 2 aromatic rings. The number of hydrogen-bond donors (Lipinski definition) is 2. The molecule has 0 fully saturated rings. The molecule has 1 aromatic heterocycles. The van der Waals surface area contributed by atoms with Crippen molar-refractivity contribution in [3.05, 3.63) is 66.0 Å². The van der Waals surface area contributed by atoms with Crippen molar-refractivity contribution in [1.82, 2.24) is 10.3 Å². The van der Waals surface area contributed by atoms with Crippen LogP contribution >= 0.6 is 0 Å². The van der Waals surface area contributed by atoms with E-state index in [0.29, 0.717) is 6.42 Å². The molecule has 21 heavy (non-hydrogen) atoms. The van der Waals surface area contributed by atoms with Gasteiger partial charge in [-0.25, -0.2) is 0 Å². The smallest absolute Gasteiger partial charge is 0.228 e. The van der Waals surface area contributed by atoms with E-state index < -0.39 is 0 Å². The van der Waals surface area contributed by atoms with Crippen LogP contribution in [0.2, 0.25) is 0 Å². The highest BCUT2D eigenvalue weighted by atomic mass is 16.3. The van der Waals surface area contributed by atoms with E-state index in [1.165, 1.54) is 0 Å². The summed E-state index contributed by atoms with van der Waals surface area (Å²) in [6.45, 7) is 1.72. The Hall–Kier alpha value is -2.20. The standard InChI is InChI=1S/C17H20N2O2/c1-13(12-20)19-17(21)16(15-5-3-2-4-6-15)11-14-7-9-18-10-8-14/h2-10,13,16,20H,11-12H2,1H3,(H,19,21). The van der Waals surface area contributed by atoms with Gasteiger partial charge < -0.3 is 10.4 Å². The van der Waals surface area contributed by atoms with Crippen LogP contribution in [-0.2, 0) is 11.2 Å². The molecule has 110 valence electrons. The number of nitrogens with zero attached hydrogens (tertiary/aromatic N) is 1. The van der Waals surface area contributed by atoms with Gasteiger partial charge in [-0.2, -0.15) is 0 Å². The van der Waals surface area contributed by atoms with Crippen molar-refractivity contribution in [1.29, 1.82) is 0 Å². The second-order valence-corrected chi connectivity index (χ2v) is 5.12. The van der Waals surface area contributed by atoms with Crippen LogP contribution in [0.25, 0.3) is 0 Å². The van der Waals surface area contributed by atoms with Gasteiger partial charge in [-0.05, 0) is 36.6 Å². The van der Waals surface area contributed by atoms with E-state index in [2.05, 4.69) is 10.3 Å². The van der Waals surface area contributed by atoms with Crippen LogP contribution in [0.4, 0.5) is 0 Å². The predicted octanol–water partition coefficient (Wildman–Crippen LogP) is 1.90. The first kappa shape index (κ1) is 15.2. The second-order valence-electron chi connectivity index (χ2n) is 5.12. The van der Waals surface area contributed by atoms with Gasteiger partial charge in [-0.1, -0.05) is 30.3 Å². The zero-order valence-corrected chi connectivity index (χ0v) is 12.1. The minimum absolute atomic E-state index is 0.0670. The van der Waals surface area contributed by atoms with E-state index in [0.717, 1.165) is 11.1 Å². The van der Waals surface area contributed by atoms with E-state index in [1.54, 1.807) is 19.3 Å². The van der Waals surface area contributed by atoms with Gasteiger partial charge in [-0.15, -0.1) is 0 Å². The van der Waals surface area contributed by atoms with Gasteiger partial charge in [-0.3, -0.25) is 9.78 Å². The Morgan fingerprint density at radius 1 is 1.19 bits per heavy atom. The molecule has 1 aromatic carbocycles. The molecule has 4 nitrogen and oxygen atoms in total. The van der Waals surface area contributed by atoms with E-state index in [1.807, 2.05) is 42.5 Å². The zero-order valence-electron chi connectivity index (χ0n) is 12.1. The molecule has 2 atom stereocenters. The first-order valence-electron chi connectivity index (χ1n) is 7.05. The molecule has 0 spiro atoms. The number of carbonyl (C=O) groups excluding carboxylic acids is 1. The normalized spacial score (nSPS) is 13.4. The SMILES string of the molecule is CC(CO)NC(=O)C(Cc1ccncc1)c1ccccc1. The van der Waals surface area contributed by atoms with Gasteiger partial charge in [0.1, 0.15) is 0 Å². The molecule has 0 bridgehead atoms. The van der Waals surface area contributed by atoms with Crippen LogP contribution < -0.4 is 5.32 Å². The Morgan fingerprint density at radius 3 is 2.48 bits per heavy atom. The van der Waals surface area contributed by atoms with E-state index in [9.17, 15) is 4.79 Å². The maximum absolute atomic E-state index is 12.5. The molecule has 4 heteroatoms. The molecule has 1 amide bonds. The highest BCUT2D eigenvalue weighted by molar-refractivity contribution is 5.84. The summed E-state index contributed by atoms with van der Waals surface area (Å²) in [6.07, 6.45) is 4.06. The third kappa shape index (κ3) is 4.39. The van der Waals surface area contributed by atoms with E-state index in [4.69, 9.17) is 5.11 Å². The number of pyridine rings is 1. The molecule has 0 saturated heterocycles. The number of aromatic nitrogens is 1. The van der Waals surface area contributed by atoms with Gasteiger partial charge in [0.15, 0.2) is 0 Å². The van der Waals surface area contributed by atoms with E-state index in [-0.39, 0.29) is 24.5 Å². The highest BCUT2D eigenvalue weighted by Crippen LogP contribution is 2.21. The molecule has 2 N–H and O–H groups in total. The van der Waals surface area contributed by atoms with Crippen molar-refractivity contribution in [3.8, 4) is 0 Å². The molecule has 0 radical (unpaired) electrons. The van der Waals surface area contributed by atoms with Gasteiger partial charge >= 0.3 is 0 Å². The number of hydrogen-bond acceptors (Lipinski definition) is 3. The molecular weight excluding hydrogens is 264 g/mol. The van der Waals surface area contributed by atoms with Gasteiger partial charge in [0, 0.05) is 18.4 Å². The van der Waals surface area contributed by atoms with Crippen molar-refractivity contribution >= 4 is 5.91 Å². The summed E-state index contributed by atoms with van der Waals surface area (Å²) in [5.74, 6) is -0.345. The Labute approximate surface area is 124 Å². The first-order valence-corrected chi connectivity index (χ1v) is 7.05. The first-order chi connectivity index (χ1) is 10.2. The summed E-state index contributed by atoms with van der Waals surface area (Å²) in [4.78, 5) is 16.5. The highest BCUT2D eigenvalue weighted by Gasteiger charge is 2.22. The Morgan fingerprint density at radius 2 is 1.86 bits per heavy atom. The predicted molar refractivity (Wildman–Crippen MR) is 81.8 cm³/mol. The number of benzene rings is 1. The molecular formula is C17H20N2O2. The monoisotopic (exact) mass is 284 g/mol. The third-order valence-corrected chi connectivity index (χ3v) is 3.37. The van der Waals surface area contributed by atoms with Gasteiger partial charge in [0.25, 0.3) is 0 Å². The molecule has 0 aliphatic heterocycles. The largest absolute Gasteiger partial charge is 0.394 e. The molecule has 2 rings (SSSR count). The zero-order chi connectivity index (χ0) is 15.1. The summed E-state index contributed by atoms with van der Waals surface area (Å²) >= 11 is 0. The van der Waals surface area contributed by atoms with Crippen LogP contribution in [0.15, 0.2) is 54.9 Å². The van der Waals surface area contributed by atoms with Crippen molar-refractivity contribution < 1.29 is 9.90 Å². The van der Waals surface area contributed by atoms with Crippen LogP contribution in [0, 0.1) is 0 Å². The lowest BCUT2D eigenvalue weighted by Gasteiger charge is -2.20. The van der Waals surface area contributed by atoms with Crippen molar-refractivity contribution in [2.75, 3.05) is 6.61 Å². The summed E-state index contributed by atoms with van der Waals surface area (Å²) in [5.41, 5.74) is 2.03. The number of nitrogens with one attached hydrogen (secondary N) is 1. The summed E-state index contributed by atoms with van der Waals surface area (Å²) < 4.78 is 0. The number of aliphatic hydroxyl groups excluding tert-OH is 1. The second kappa shape index (κ2) is 7.55. The fraction of sp³-hybridized carbons (Fsp3) is 0.294. The number of rotatable bonds is 6. The van der Waals surface area contributed by atoms with E-state index >= 15 is 0 Å². The Balaban J connectivity index is 2.20. The summed E-state index contributed by atoms with van der Waals surface area (Å²) in [7, 11) is 0. The number of carbonyl (C=O) groups is 1. The third-order valence-electron chi connectivity index (χ3n) is 3.37. The molecule has 2 unspecified atom stereocenters. The topological polar surface area (TPSA) is 62.2 Å². The molecule has 0 saturated carbocycles. The summed E-state index contributed by atoms with van der Waals surface area (Å²) in [5, 5.41) is 11.9. The maximum Gasteiger partial charge on any atom is 0.228 e. The van der Waals surface area contributed by atoms with Crippen LogP contribution in [-0.4, -0.2) is 28.6 Å². The average Bonchev–Trinajstić information content (AvgIpc) is 2.54. The molecule has 1 heterocycles. The molecule has 0 aliphatic carbocycles. The van der Waals surface area contributed by atoms with Crippen LogP contribution in [0.3, 0.4) is 0 Å². The summed E-state index contributed by atoms with van der Waals surface area (Å²) in [6, 6.07) is 13.3. The van der Waals surface area contributed by atoms with Crippen LogP contribution in [0.5, 0.6) is 0 Å².